The molecule has 1 atom stereocenters. The van der Waals surface area contributed by atoms with Gasteiger partial charge in [0.15, 0.2) is 0 Å². The van der Waals surface area contributed by atoms with Crippen LogP contribution in [0.1, 0.15) is 35.1 Å². The summed E-state index contributed by atoms with van der Waals surface area (Å²) in [6.07, 6.45) is 14.8. The summed E-state index contributed by atoms with van der Waals surface area (Å²) in [5.74, 6) is 0.620. The fraction of sp³-hybridized carbons (Fsp3) is 0.176. The van der Waals surface area contributed by atoms with Gasteiger partial charge in [0, 0.05) is 24.0 Å². The van der Waals surface area contributed by atoms with Gasteiger partial charge in [0.05, 0.1) is 5.52 Å². The van der Waals surface area contributed by atoms with E-state index in [1.807, 2.05) is 24.4 Å². The van der Waals surface area contributed by atoms with Gasteiger partial charge in [-0.15, -0.1) is 0 Å². The molecule has 0 saturated carbocycles. The molecule has 0 amide bonds. The van der Waals surface area contributed by atoms with Crippen LogP contribution < -0.4 is 0 Å². The Morgan fingerprint density at radius 1 is 0.833 bits per heavy atom. The summed E-state index contributed by atoms with van der Waals surface area (Å²) < 4.78 is 0. The third-order valence-electron chi connectivity index (χ3n) is 7.53. The molecular formula is C34H30N2. The van der Waals surface area contributed by atoms with Gasteiger partial charge in [-0.25, -0.2) is 0 Å². The number of rotatable bonds is 2. The lowest BCUT2D eigenvalue weighted by Crippen LogP contribution is -2.20. The predicted octanol–water partition coefficient (Wildman–Crippen LogP) is 8.30. The molecule has 2 nitrogen and oxygen atoms in total. The second-order valence-corrected chi connectivity index (χ2v) is 9.81. The van der Waals surface area contributed by atoms with Crippen molar-refractivity contribution in [2.45, 2.75) is 32.6 Å². The van der Waals surface area contributed by atoms with Crippen molar-refractivity contribution in [2.75, 3.05) is 0 Å². The first-order valence-corrected chi connectivity index (χ1v) is 12.9. The molecule has 2 aliphatic carbocycles. The Bertz CT molecular complexity index is 1530. The van der Waals surface area contributed by atoms with Crippen molar-refractivity contribution in [1.82, 2.24) is 9.97 Å². The second kappa shape index (κ2) is 9.91. The number of benzene rings is 3. The minimum absolute atomic E-state index is 0.620. The molecule has 2 aromatic heterocycles. The van der Waals surface area contributed by atoms with Crippen LogP contribution in [0, 0.1) is 12.8 Å². The van der Waals surface area contributed by atoms with Crippen molar-refractivity contribution >= 4 is 27.2 Å². The fourth-order valence-electron chi connectivity index (χ4n) is 5.86. The summed E-state index contributed by atoms with van der Waals surface area (Å²) >= 11 is 0. The molecule has 0 fully saturated rings. The van der Waals surface area contributed by atoms with Crippen LogP contribution in [0.15, 0.2) is 115 Å². The van der Waals surface area contributed by atoms with Gasteiger partial charge in [-0.3, -0.25) is 9.97 Å². The van der Waals surface area contributed by atoms with E-state index < -0.39 is 0 Å². The Balaban J connectivity index is 0.000000200. The van der Waals surface area contributed by atoms with Crippen molar-refractivity contribution in [2.24, 2.45) is 5.92 Å². The molecule has 0 aliphatic heterocycles. The van der Waals surface area contributed by atoms with E-state index in [2.05, 4.69) is 89.7 Å². The van der Waals surface area contributed by atoms with E-state index in [9.17, 15) is 0 Å². The largest absolute Gasteiger partial charge is 0.264 e. The third-order valence-corrected chi connectivity index (χ3v) is 7.53. The molecule has 3 aromatic carbocycles. The van der Waals surface area contributed by atoms with Gasteiger partial charge < -0.3 is 0 Å². The van der Waals surface area contributed by atoms with Crippen molar-refractivity contribution in [3.63, 3.8) is 0 Å². The average Bonchev–Trinajstić information content (AvgIpc) is 2.94. The molecule has 0 spiro atoms. The maximum absolute atomic E-state index is 4.14. The lowest BCUT2D eigenvalue weighted by atomic mass is 9.71. The van der Waals surface area contributed by atoms with Crippen LogP contribution in [-0.4, -0.2) is 9.97 Å². The maximum Gasteiger partial charge on any atom is 0.0732 e. The number of allylic oxidation sites excluding steroid dienone is 4. The van der Waals surface area contributed by atoms with Gasteiger partial charge in [-0.05, 0) is 95.3 Å². The number of hydrogen-bond acceptors (Lipinski definition) is 2. The first-order chi connectivity index (χ1) is 17.8. The zero-order valence-corrected chi connectivity index (χ0v) is 20.7. The highest BCUT2D eigenvalue weighted by Crippen LogP contribution is 2.44. The molecule has 0 N–H and O–H groups in total. The van der Waals surface area contributed by atoms with Crippen molar-refractivity contribution in [3.8, 4) is 0 Å². The molecule has 5 aromatic rings. The van der Waals surface area contributed by atoms with Gasteiger partial charge in [0.2, 0.25) is 0 Å². The first kappa shape index (κ1) is 22.4. The van der Waals surface area contributed by atoms with E-state index in [0.717, 1.165) is 17.3 Å². The number of hydrogen-bond donors (Lipinski definition) is 0. The highest BCUT2D eigenvalue weighted by molar-refractivity contribution is 5.95. The zero-order chi connectivity index (χ0) is 24.3. The Morgan fingerprint density at radius 2 is 1.72 bits per heavy atom. The Labute approximate surface area is 213 Å². The molecule has 2 heteroatoms. The predicted molar refractivity (Wildman–Crippen MR) is 151 cm³/mol. The van der Waals surface area contributed by atoms with Crippen LogP contribution >= 0.6 is 0 Å². The molecule has 1 unspecified atom stereocenters. The first-order valence-electron chi connectivity index (χ1n) is 12.9. The summed E-state index contributed by atoms with van der Waals surface area (Å²) in [7, 11) is 0. The van der Waals surface area contributed by atoms with Crippen molar-refractivity contribution in [3.05, 3.63) is 137 Å². The van der Waals surface area contributed by atoms with Crippen molar-refractivity contribution in [1.29, 1.82) is 0 Å². The number of pyridine rings is 2. The molecule has 0 bridgehead atoms. The van der Waals surface area contributed by atoms with Gasteiger partial charge in [0.1, 0.15) is 0 Å². The molecular weight excluding hydrogens is 436 g/mol. The highest BCUT2D eigenvalue weighted by Gasteiger charge is 2.28. The fourth-order valence-corrected chi connectivity index (χ4v) is 5.86. The van der Waals surface area contributed by atoms with Crippen LogP contribution in [-0.2, 0) is 12.8 Å². The summed E-state index contributed by atoms with van der Waals surface area (Å²) in [6, 6.07) is 28.2. The molecule has 2 aliphatic rings. The molecule has 2 heterocycles. The summed E-state index contributed by atoms with van der Waals surface area (Å²) in [5, 5.41) is 3.95. The minimum atomic E-state index is 0.620. The molecule has 176 valence electrons. The van der Waals surface area contributed by atoms with E-state index in [-0.39, 0.29) is 0 Å². The van der Waals surface area contributed by atoms with Crippen LogP contribution in [0.5, 0.6) is 0 Å². The second-order valence-electron chi connectivity index (χ2n) is 9.81. The summed E-state index contributed by atoms with van der Waals surface area (Å²) in [5.41, 5.74) is 10.1. The van der Waals surface area contributed by atoms with E-state index in [1.54, 1.807) is 23.5 Å². The van der Waals surface area contributed by atoms with Crippen LogP contribution in [0.25, 0.3) is 27.2 Å². The van der Waals surface area contributed by atoms with E-state index in [4.69, 9.17) is 0 Å². The Hall–Kier alpha value is -4.04. The lowest BCUT2D eigenvalue weighted by molar-refractivity contribution is 0.575. The van der Waals surface area contributed by atoms with Gasteiger partial charge in [-0.1, -0.05) is 78.4 Å². The van der Waals surface area contributed by atoms with Gasteiger partial charge >= 0.3 is 0 Å². The molecule has 36 heavy (non-hydrogen) atoms. The minimum Gasteiger partial charge on any atom is -0.264 e. The van der Waals surface area contributed by atoms with Crippen molar-refractivity contribution < 1.29 is 0 Å². The quantitative estimate of drug-likeness (QED) is 0.261. The van der Waals surface area contributed by atoms with Crippen LogP contribution in [0.3, 0.4) is 0 Å². The Morgan fingerprint density at radius 3 is 2.61 bits per heavy atom. The molecule has 0 radical (unpaired) electrons. The normalized spacial score (nSPS) is 16.3. The number of aryl methyl sites for hydroxylation is 1. The molecule has 0 saturated heterocycles. The highest BCUT2D eigenvalue weighted by atomic mass is 14.7. The summed E-state index contributed by atoms with van der Waals surface area (Å²) in [6.45, 7) is 2.26. The third kappa shape index (κ3) is 4.35. The van der Waals surface area contributed by atoms with Gasteiger partial charge in [0.25, 0.3) is 0 Å². The molecule has 7 rings (SSSR count). The topological polar surface area (TPSA) is 25.8 Å². The number of aromatic nitrogens is 2. The maximum atomic E-state index is 4.14. The zero-order valence-electron chi connectivity index (χ0n) is 20.7. The van der Waals surface area contributed by atoms with E-state index >= 15 is 0 Å². The monoisotopic (exact) mass is 466 g/mol. The standard InChI is InChI=1S/C26H24.C8H6N2/c1-18-8-7-11-20-14-15-24-23-13-6-5-12-22(23)21(17-25(24)26(18)20)16-19-9-3-2-4-10-19;1-2-7-6-9-5-3-8(7)10-4-1/h2-4,6-11,13-15,21H,5,12,16-17H2,1H3;1-6H. The summed E-state index contributed by atoms with van der Waals surface area (Å²) in [4.78, 5) is 8.11. The smallest absolute Gasteiger partial charge is 0.0732 e. The van der Waals surface area contributed by atoms with Crippen LogP contribution in [0.4, 0.5) is 0 Å². The van der Waals surface area contributed by atoms with E-state index in [1.165, 1.54) is 52.3 Å². The Kier molecular flexibility index (Phi) is 6.17. The van der Waals surface area contributed by atoms with Gasteiger partial charge in [-0.2, -0.15) is 0 Å². The SMILES string of the molecule is Cc1cccc2ccc3c(c12)CC(Cc1ccccc1)C1=C3C=CCC1.c1cnc2ccncc2c1. The van der Waals surface area contributed by atoms with Crippen LogP contribution in [0.2, 0.25) is 0 Å². The number of fused-ring (bicyclic) bond motifs is 5. The lowest BCUT2D eigenvalue weighted by Gasteiger charge is -2.33. The number of nitrogens with zero attached hydrogens (tertiary/aromatic N) is 2. The average molecular weight is 467 g/mol. The van der Waals surface area contributed by atoms with E-state index in [0.29, 0.717) is 5.92 Å².